The molecule has 2 rings (SSSR count). The van der Waals surface area contributed by atoms with E-state index in [9.17, 15) is 4.79 Å². The lowest BCUT2D eigenvalue weighted by Gasteiger charge is -2.08. The number of hydrogen-bond acceptors (Lipinski definition) is 3. The summed E-state index contributed by atoms with van der Waals surface area (Å²) in [6.07, 6.45) is 1.64. The van der Waals surface area contributed by atoms with Gasteiger partial charge in [-0.05, 0) is 46.6 Å². The second-order valence-electron chi connectivity index (χ2n) is 3.97. The lowest BCUT2D eigenvalue weighted by molar-refractivity contribution is -0.118. The molecule has 4 nitrogen and oxygen atoms in total. The molecule has 0 fully saturated rings. The molecule has 1 heterocycles. The number of hydrogen-bond donors (Lipinski definition) is 1. The molecule has 0 spiro atoms. The lowest BCUT2D eigenvalue weighted by atomic mass is 10.3. The molecule has 0 saturated carbocycles. The number of anilines is 1. The van der Waals surface area contributed by atoms with Crippen LogP contribution in [0.5, 0.6) is 5.75 Å². The van der Waals surface area contributed by atoms with Gasteiger partial charge in [-0.3, -0.25) is 4.79 Å². The minimum atomic E-state index is -0.234. The Labute approximate surface area is 119 Å². The van der Waals surface area contributed by atoms with Crippen LogP contribution in [0.2, 0.25) is 0 Å². The highest BCUT2D eigenvalue weighted by Gasteiger charge is 2.07. The van der Waals surface area contributed by atoms with Gasteiger partial charge in [0, 0.05) is 10.7 Å². The fourth-order valence-electron chi connectivity index (χ4n) is 1.51. The van der Waals surface area contributed by atoms with Crippen molar-refractivity contribution >= 4 is 27.7 Å². The maximum absolute atomic E-state index is 11.7. The van der Waals surface area contributed by atoms with Crippen LogP contribution in [0.3, 0.4) is 0 Å². The maximum Gasteiger partial charge on any atom is 0.263 e. The van der Waals surface area contributed by atoms with Crippen LogP contribution in [-0.4, -0.2) is 17.5 Å². The highest BCUT2D eigenvalue weighted by Crippen LogP contribution is 2.16. The number of aromatic nitrogens is 1. The predicted molar refractivity (Wildman–Crippen MR) is 77.2 cm³/mol. The first kappa shape index (κ1) is 13.5. The second kappa shape index (κ2) is 6.33. The minimum absolute atomic E-state index is 0.0405. The number of halogens is 1. The van der Waals surface area contributed by atoms with E-state index in [1.165, 1.54) is 0 Å². The van der Waals surface area contributed by atoms with Gasteiger partial charge < -0.3 is 10.1 Å². The molecule has 5 heteroatoms. The zero-order valence-electron chi connectivity index (χ0n) is 10.4. The molecular weight excluding hydrogens is 308 g/mol. The molecule has 98 valence electrons. The summed E-state index contributed by atoms with van der Waals surface area (Å²) in [6, 6.07) is 11.1. The first-order valence-corrected chi connectivity index (χ1v) is 6.54. The van der Waals surface area contributed by atoms with Crippen LogP contribution in [0.4, 0.5) is 5.82 Å². The average Bonchev–Trinajstić information content (AvgIpc) is 2.41. The van der Waals surface area contributed by atoms with E-state index >= 15 is 0 Å². The Kier molecular flexibility index (Phi) is 4.52. The molecule has 0 bridgehead atoms. The fourth-order valence-corrected chi connectivity index (χ4v) is 1.95. The van der Waals surface area contributed by atoms with Gasteiger partial charge in [-0.15, -0.1) is 0 Å². The monoisotopic (exact) mass is 320 g/mol. The molecule has 1 aromatic heterocycles. The summed E-state index contributed by atoms with van der Waals surface area (Å²) in [6.45, 7) is 1.84. The topological polar surface area (TPSA) is 51.2 Å². The molecule has 1 N–H and O–H groups in total. The van der Waals surface area contributed by atoms with Crippen LogP contribution in [-0.2, 0) is 4.79 Å². The quantitative estimate of drug-likeness (QED) is 0.941. The Bertz CT molecular complexity index is 573. The third-order valence-electron chi connectivity index (χ3n) is 2.42. The molecule has 1 amide bonds. The highest BCUT2D eigenvalue weighted by atomic mass is 79.9. The van der Waals surface area contributed by atoms with Crippen LogP contribution in [0.15, 0.2) is 47.1 Å². The van der Waals surface area contributed by atoms with E-state index in [1.807, 2.05) is 31.2 Å². The van der Waals surface area contributed by atoms with Crippen LogP contribution in [0.25, 0.3) is 0 Å². The maximum atomic E-state index is 11.7. The van der Waals surface area contributed by atoms with Crippen molar-refractivity contribution in [3.63, 3.8) is 0 Å². The molecule has 0 atom stereocenters. The summed E-state index contributed by atoms with van der Waals surface area (Å²) in [5, 5.41) is 2.71. The Morgan fingerprint density at radius 2 is 2.11 bits per heavy atom. The minimum Gasteiger partial charge on any atom is -0.484 e. The predicted octanol–water partition coefficient (Wildman–Crippen LogP) is 3.17. The normalized spacial score (nSPS) is 10.0. The summed E-state index contributed by atoms with van der Waals surface area (Å²) in [7, 11) is 0. The van der Waals surface area contributed by atoms with E-state index in [0.717, 1.165) is 10.0 Å². The zero-order chi connectivity index (χ0) is 13.7. The third kappa shape index (κ3) is 4.06. The SMILES string of the molecule is Cc1cc(Br)cnc1NC(=O)COc1ccccc1. The van der Waals surface area contributed by atoms with Gasteiger partial charge in [0.25, 0.3) is 5.91 Å². The Hall–Kier alpha value is -1.88. The number of ether oxygens (including phenoxy) is 1. The number of amides is 1. The molecule has 1 aromatic carbocycles. The molecule has 0 unspecified atom stereocenters. The van der Waals surface area contributed by atoms with E-state index < -0.39 is 0 Å². The molecular formula is C14H13BrN2O2. The number of rotatable bonds is 4. The van der Waals surface area contributed by atoms with Gasteiger partial charge in [-0.25, -0.2) is 4.98 Å². The first-order valence-electron chi connectivity index (χ1n) is 5.75. The van der Waals surface area contributed by atoms with E-state index in [2.05, 4.69) is 26.2 Å². The summed E-state index contributed by atoms with van der Waals surface area (Å²) < 4.78 is 6.23. The van der Waals surface area contributed by atoms with Crippen LogP contribution in [0, 0.1) is 6.92 Å². The van der Waals surface area contributed by atoms with Crippen molar-refractivity contribution in [1.82, 2.24) is 4.98 Å². The number of para-hydroxylation sites is 1. The number of nitrogens with zero attached hydrogens (tertiary/aromatic N) is 1. The molecule has 0 saturated heterocycles. The zero-order valence-corrected chi connectivity index (χ0v) is 12.0. The fraction of sp³-hybridized carbons (Fsp3) is 0.143. The van der Waals surface area contributed by atoms with Crippen molar-refractivity contribution in [2.24, 2.45) is 0 Å². The molecule has 0 aliphatic carbocycles. The van der Waals surface area contributed by atoms with E-state index in [4.69, 9.17) is 4.74 Å². The number of benzene rings is 1. The van der Waals surface area contributed by atoms with Crippen LogP contribution >= 0.6 is 15.9 Å². The second-order valence-corrected chi connectivity index (χ2v) is 4.88. The van der Waals surface area contributed by atoms with E-state index in [-0.39, 0.29) is 12.5 Å². The summed E-state index contributed by atoms with van der Waals surface area (Å²) in [5.74, 6) is 0.977. The van der Waals surface area contributed by atoms with Crippen LogP contribution in [0.1, 0.15) is 5.56 Å². The smallest absolute Gasteiger partial charge is 0.263 e. The van der Waals surface area contributed by atoms with Crippen molar-refractivity contribution in [3.8, 4) is 5.75 Å². The Morgan fingerprint density at radius 1 is 1.37 bits per heavy atom. The van der Waals surface area contributed by atoms with Crippen molar-refractivity contribution in [2.45, 2.75) is 6.92 Å². The standard InChI is InChI=1S/C14H13BrN2O2/c1-10-7-11(15)8-16-14(10)17-13(18)9-19-12-5-3-2-4-6-12/h2-8H,9H2,1H3,(H,16,17,18). The van der Waals surface area contributed by atoms with Gasteiger partial charge in [0.15, 0.2) is 6.61 Å². The number of nitrogens with one attached hydrogen (secondary N) is 1. The third-order valence-corrected chi connectivity index (χ3v) is 2.85. The average molecular weight is 321 g/mol. The van der Waals surface area contributed by atoms with Gasteiger partial charge >= 0.3 is 0 Å². The van der Waals surface area contributed by atoms with E-state index in [1.54, 1.807) is 18.3 Å². The lowest BCUT2D eigenvalue weighted by Crippen LogP contribution is -2.21. The number of pyridine rings is 1. The Balaban J connectivity index is 1.91. The van der Waals surface area contributed by atoms with Gasteiger partial charge in [0.2, 0.25) is 0 Å². The van der Waals surface area contributed by atoms with E-state index in [0.29, 0.717) is 11.6 Å². The number of aryl methyl sites for hydroxylation is 1. The summed E-state index contributed by atoms with van der Waals surface area (Å²) >= 11 is 3.32. The van der Waals surface area contributed by atoms with Crippen molar-refractivity contribution in [2.75, 3.05) is 11.9 Å². The van der Waals surface area contributed by atoms with Gasteiger partial charge in [0.1, 0.15) is 11.6 Å². The van der Waals surface area contributed by atoms with Crippen molar-refractivity contribution in [3.05, 3.63) is 52.6 Å². The molecule has 0 radical (unpaired) electrons. The molecule has 0 aliphatic rings. The largest absolute Gasteiger partial charge is 0.484 e. The van der Waals surface area contributed by atoms with Crippen molar-refractivity contribution in [1.29, 1.82) is 0 Å². The van der Waals surface area contributed by atoms with Crippen molar-refractivity contribution < 1.29 is 9.53 Å². The summed E-state index contributed by atoms with van der Waals surface area (Å²) in [4.78, 5) is 15.9. The molecule has 0 aliphatic heterocycles. The molecule has 19 heavy (non-hydrogen) atoms. The van der Waals surface area contributed by atoms with Gasteiger partial charge in [0.05, 0.1) is 0 Å². The highest BCUT2D eigenvalue weighted by molar-refractivity contribution is 9.10. The van der Waals surface area contributed by atoms with Crippen LogP contribution < -0.4 is 10.1 Å². The number of carbonyl (C=O) groups is 1. The summed E-state index contributed by atoms with van der Waals surface area (Å²) in [5.41, 5.74) is 0.891. The Morgan fingerprint density at radius 3 is 2.79 bits per heavy atom. The van der Waals surface area contributed by atoms with Gasteiger partial charge in [-0.2, -0.15) is 0 Å². The number of carbonyl (C=O) groups excluding carboxylic acids is 1. The molecule has 2 aromatic rings. The first-order chi connectivity index (χ1) is 9.15. The van der Waals surface area contributed by atoms with Gasteiger partial charge in [-0.1, -0.05) is 18.2 Å².